The first-order valence-electron chi connectivity index (χ1n) is 10.3. The van der Waals surface area contributed by atoms with Gasteiger partial charge in [0.25, 0.3) is 0 Å². The number of hydrogen-bond donors (Lipinski definition) is 0. The molecule has 0 radical (unpaired) electrons. The van der Waals surface area contributed by atoms with Crippen molar-refractivity contribution in [2.24, 2.45) is 11.8 Å². The molecule has 0 amide bonds. The first kappa shape index (κ1) is 22.3. The summed E-state index contributed by atoms with van der Waals surface area (Å²) in [7, 11) is 0. The predicted octanol–water partition coefficient (Wildman–Crippen LogP) is 5.49. The average Bonchev–Trinajstić information content (AvgIpc) is 2.73. The monoisotopic (exact) mass is 414 g/mol. The molecule has 2 fully saturated rings. The molecule has 2 aliphatic heterocycles. The molecule has 29 heavy (non-hydrogen) atoms. The summed E-state index contributed by atoms with van der Waals surface area (Å²) in [5.41, 5.74) is -0.0805. The van der Waals surface area contributed by atoms with Crippen LogP contribution in [0.4, 0.5) is 13.2 Å². The van der Waals surface area contributed by atoms with Crippen molar-refractivity contribution in [2.45, 2.75) is 51.4 Å². The van der Waals surface area contributed by atoms with Crippen LogP contribution in [0.25, 0.3) is 0 Å². The van der Waals surface area contributed by atoms with Crippen molar-refractivity contribution < 1.29 is 32.1 Å². The summed E-state index contributed by atoms with van der Waals surface area (Å²) < 4.78 is 61.0. The maximum atomic E-state index is 12.7. The molecule has 0 spiro atoms. The molecule has 2 heterocycles. The van der Waals surface area contributed by atoms with Crippen molar-refractivity contribution in [3.05, 3.63) is 47.5 Å². The minimum Gasteiger partial charge on any atom is -0.352 e. The Labute approximate surface area is 170 Å². The molecule has 4 nitrogen and oxygen atoms in total. The lowest BCUT2D eigenvalue weighted by Gasteiger charge is -2.32. The number of alkyl halides is 3. The molecule has 3 rings (SSSR count). The molecule has 7 heteroatoms. The van der Waals surface area contributed by atoms with E-state index in [9.17, 15) is 13.2 Å². The smallest absolute Gasteiger partial charge is 0.352 e. The Morgan fingerprint density at radius 1 is 0.931 bits per heavy atom. The largest absolute Gasteiger partial charge is 0.416 e. The average molecular weight is 414 g/mol. The van der Waals surface area contributed by atoms with Crippen LogP contribution in [-0.4, -0.2) is 32.7 Å². The van der Waals surface area contributed by atoms with Crippen LogP contribution in [0.2, 0.25) is 0 Å². The number of halogens is 3. The Morgan fingerprint density at radius 3 is 2.17 bits per heavy atom. The number of unbranched alkanes of at least 4 members (excludes halogenated alkanes) is 1. The lowest BCUT2D eigenvalue weighted by atomic mass is 10.0. The standard InChI is InChI=1S/C22H29F3O4/c1-2-3-4-5-16-12-26-20(27-13-16)11-6-17-14-28-21(29-15-17)18-7-9-19(10-8-18)22(23,24)25/h4-5,7-10,16-17,20-21H,2-3,6,11-15H2,1H3/t16-,17-,20-,21-. The molecule has 0 atom stereocenters. The van der Waals surface area contributed by atoms with E-state index < -0.39 is 18.0 Å². The molecule has 2 aliphatic rings. The lowest BCUT2D eigenvalue weighted by Crippen LogP contribution is -2.33. The SMILES string of the molecule is CCCC=C[C@H]1CO[C@H](CC[C@H]2CO[C@H](c3ccc(C(F)(F)F)cc3)OC2)OC1. The molecule has 0 N–H and O–H groups in total. The Bertz CT molecular complexity index is 628. The fourth-order valence-corrected chi connectivity index (χ4v) is 3.39. The van der Waals surface area contributed by atoms with E-state index in [1.54, 1.807) is 0 Å². The molecule has 1 aromatic rings. The maximum Gasteiger partial charge on any atom is 0.416 e. The fraction of sp³-hybridized carbons (Fsp3) is 0.636. The van der Waals surface area contributed by atoms with Crippen molar-refractivity contribution in [3.63, 3.8) is 0 Å². The Hall–Kier alpha value is -1.41. The normalized spacial score (nSPS) is 28.7. The van der Waals surface area contributed by atoms with Crippen molar-refractivity contribution in [1.29, 1.82) is 0 Å². The zero-order valence-corrected chi connectivity index (χ0v) is 16.7. The van der Waals surface area contributed by atoms with Crippen LogP contribution in [0.1, 0.15) is 50.0 Å². The van der Waals surface area contributed by atoms with Gasteiger partial charge in [-0.15, -0.1) is 0 Å². The zero-order valence-electron chi connectivity index (χ0n) is 16.7. The van der Waals surface area contributed by atoms with Gasteiger partial charge in [0.1, 0.15) is 0 Å². The molecular formula is C22H29F3O4. The van der Waals surface area contributed by atoms with E-state index in [-0.39, 0.29) is 12.2 Å². The summed E-state index contributed by atoms with van der Waals surface area (Å²) in [6, 6.07) is 4.92. The number of allylic oxidation sites excluding steroid dienone is 1. The van der Waals surface area contributed by atoms with Crippen LogP contribution in [0.3, 0.4) is 0 Å². The van der Waals surface area contributed by atoms with E-state index in [4.69, 9.17) is 18.9 Å². The first-order chi connectivity index (χ1) is 14.0. The van der Waals surface area contributed by atoms with Gasteiger partial charge >= 0.3 is 6.18 Å². The van der Waals surface area contributed by atoms with Crippen molar-refractivity contribution in [1.82, 2.24) is 0 Å². The molecule has 0 unspecified atom stereocenters. The van der Waals surface area contributed by atoms with Gasteiger partial charge in [0.2, 0.25) is 0 Å². The maximum absolute atomic E-state index is 12.7. The third-order valence-electron chi connectivity index (χ3n) is 5.14. The highest BCUT2D eigenvalue weighted by molar-refractivity contribution is 5.25. The van der Waals surface area contributed by atoms with Crippen LogP contribution in [0.15, 0.2) is 36.4 Å². The molecular weight excluding hydrogens is 385 g/mol. The quantitative estimate of drug-likeness (QED) is 0.553. The highest BCUT2D eigenvalue weighted by Gasteiger charge is 2.31. The number of ether oxygens (including phenoxy) is 4. The molecule has 0 bridgehead atoms. The Morgan fingerprint density at radius 2 is 1.59 bits per heavy atom. The molecule has 0 aliphatic carbocycles. The van der Waals surface area contributed by atoms with E-state index >= 15 is 0 Å². The van der Waals surface area contributed by atoms with Gasteiger partial charge in [0, 0.05) is 17.4 Å². The van der Waals surface area contributed by atoms with Gasteiger partial charge in [-0.05, 0) is 31.4 Å². The van der Waals surface area contributed by atoms with E-state index in [0.717, 1.165) is 37.8 Å². The van der Waals surface area contributed by atoms with Crippen molar-refractivity contribution in [2.75, 3.05) is 26.4 Å². The zero-order chi connectivity index (χ0) is 20.7. The second-order valence-corrected chi connectivity index (χ2v) is 7.63. The summed E-state index contributed by atoms with van der Waals surface area (Å²) in [6.07, 6.45) is 3.03. The minimum atomic E-state index is -4.34. The number of hydrogen-bond acceptors (Lipinski definition) is 4. The van der Waals surface area contributed by atoms with Crippen molar-refractivity contribution >= 4 is 0 Å². The number of rotatable bonds is 7. The predicted molar refractivity (Wildman–Crippen MR) is 102 cm³/mol. The van der Waals surface area contributed by atoms with Crippen molar-refractivity contribution in [3.8, 4) is 0 Å². The lowest BCUT2D eigenvalue weighted by molar-refractivity contribution is -0.217. The summed E-state index contributed by atoms with van der Waals surface area (Å²) in [5.74, 6) is 0.540. The summed E-state index contributed by atoms with van der Waals surface area (Å²) in [6.45, 7) is 4.51. The number of benzene rings is 1. The van der Waals surface area contributed by atoms with Crippen LogP contribution in [0, 0.1) is 11.8 Å². The molecule has 0 saturated carbocycles. The highest BCUT2D eigenvalue weighted by atomic mass is 19.4. The first-order valence-corrected chi connectivity index (χ1v) is 10.3. The summed E-state index contributed by atoms with van der Waals surface area (Å²) in [4.78, 5) is 0. The van der Waals surface area contributed by atoms with E-state index in [1.807, 2.05) is 0 Å². The minimum absolute atomic E-state index is 0.196. The second-order valence-electron chi connectivity index (χ2n) is 7.63. The topological polar surface area (TPSA) is 36.9 Å². The molecule has 0 aromatic heterocycles. The van der Waals surface area contributed by atoms with E-state index in [0.29, 0.717) is 37.9 Å². The fourth-order valence-electron chi connectivity index (χ4n) is 3.39. The van der Waals surface area contributed by atoms with Gasteiger partial charge < -0.3 is 18.9 Å². The Balaban J connectivity index is 1.35. The third kappa shape index (κ3) is 6.81. The third-order valence-corrected chi connectivity index (χ3v) is 5.14. The molecule has 2 saturated heterocycles. The van der Waals surface area contributed by atoms with Gasteiger partial charge in [0.05, 0.1) is 32.0 Å². The molecule has 1 aromatic carbocycles. The highest BCUT2D eigenvalue weighted by Crippen LogP contribution is 2.32. The Kier molecular flexibility index (Phi) is 8.12. The van der Waals surface area contributed by atoms with Gasteiger partial charge in [-0.25, -0.2) is 0 Å². The summed E-state index contributed by atoms with van der Waals surface area (Å²) >= 11 is 0. The van der Waals surface area contributed by atoms with Gasteiger partial charge in [-0.2, -0.15) is 13.2 Å². The van der Waals surface area contributed by atoms with Crippen LogP contribution >= 0.6 is 0 Å². The van der Waals surface area contributed by atoms with Crippen LogP contribution < -0.4 is 0 Å². The van der Waals surface area contributed by atoms with E-state index in [2.05, 4.69) is 19.1 Å². The van der Waals surface area contributed by atoms with Crippen LogP contribution in [-0.2, 0) is 25.1 Å². The second kappa shape index (κ2) is 10.6. The summed E-state index contributed by atoms with van der Waals surface area (Å²) in [5, 5.41) is 0. The van der Waals surface area contributed by atoms with Gasteiger partial charge in [-0.3, -0.25) is 0 Å². The van der Waals surface area contributed by atoms with Gasteiger partial charge in [0.15, 0.2) is 12.6 Å². The van der Waals surface area contributed by atoms with Gasteiger partial charge in [-0.1, -0.05) is 37.6 Å². The van der Waals surface area contributed by atoms with Crippen LogP contribution in [0.5, 0.6) is 0 Å². The molecule has 162 valence electrons. The van der Waals surface area contributed by atoms with E-state index in [1.165, 1.54) is 12.1 Å².